The second-order valence-corrected chi connectivity index (χ2v) is 10.9. The number of fused-ring (bicyclic) bond motifs is 5. The molecule has 5 atom stereocenters. The Kier molecular flexibility index (Phi) is 5.60. The highest BCUT2D eigenvalue weighted by atomic mass is 16.5. The van der Waals surface area contributed by atoms with Gasteiger partial charge in [0.15, 0.2) is 5.78 Å². The standard InChI is InChI=1S/C26H38O3/c27-20-9-11-21-19(16-20)8-10-23-22(21)13-15-26(14-3-6-24(23)26)17-29-25(28)12-7-18-4-1-2-5-18/h16,18,21-24H,1-15,17H2/t21-,22+,23+,24-,26-/m0/s1. The summed E-state index contributed by atoms with van der Waals surface area (Å²) in [5.74, 6) is 4.14. The molecule has 0 radical (unpaired) electrons. The van der Waals surface area contributed by atoms with Gasteiger partial charge in [0.2, 0.25) is 0 Å². The van der Waals surface area contributed by atoms with Crippen LogP contribution < -0.4 is 0 Å². The van der Waals surface area contributed by atoms with Crippen molar-refractivity contribution >= 4 is 11.8 Å². The van der Waals surface area contributed by atoms with Crippen molar-refractivity contribution in [3.05, 3.63) is 11.6 Å². The molecule has 0 aromatic heterocycles. The smallest absolute Gasteiger partial charge is 0.305 e. The van der Waals surface area contributed by atoms with Crippen LogP contribution in [-0.4, -0.2) is 18.4 Å². The summed E-state index contributed by atoms with van der Waals surface area (Å²) < 4.78 is 5.95. The maximum Gasteiger partial charge on any atom is 0.305 e. The van der Waals surface area contributed by atoms with Crippen LogP contribution >= 0.6 is 0 Å². The number of ketones is 1. The van der Waals surface area contributed by atoms with Crippen molar-refractivity contribution in [2.75, 3.05) is 6.61 Å². The lowest BCUT2D eigenvalue weighted by Gasteiger charge is -2.53. The molecule has 0 amide bonds. The Labute approximate surface area is 176 Å². The predicted molar refractivity (Wildman–Crippen MR) is 113 cm³/mol. The second-order valence-electron chi connectivity index (χ2n) is 10.9. The predicted octanol–water partition coefficient (Wildman–Crippen LogP) is 6.01. The second kappa shape index (κ2) is 8.19. The molecule has 0 aliphatic heterocycles. The van der Waals surface area contributed by atoms with Crippen LogP contribution in [0.2, 0.25) is 0 Å². The van der Waals surface area contributed by atoms with Crippen molar-refractivity contribution in [3.63, 3.8) is 0 Å². The van der Waals surface area contributed by atoms with Gasteiger partial charge in [-0.05, 0) is 87.0 Å². The number of rotatable bonds is 5. The van der Waals surface area contributed by atoms with Crippen LogP contribution in [0.3, 0.4) is 0 Å². The van der Waals surface area contributed by atoms with Crippen molar-refractivity contribution in [2.45, 2.75) is 96.3 Å². The molecular formula is C26H38O3. The largest absolute Gasteiger partial charge is 0.465 e. The average Bonchev–Trinajstić information content (AvgIpc) is 3.40. The van der Waals surface area contributed by atoms with Crippen LogP contribution in [0.5, 0.6) is 0 Å². The van der Waals surface area contributed by atoms with E-state index in [0.717, 1.165) is 49.4 Å². The summed E-state index contributed by atoms with van der Waals surface area (Å²) in [5, 5.41) is 0. The van der Waals surface area contributed by atoms with Crippen LogP contribution in [0.15, 0.2) is 11.6 Å². The first-order chi connectivity index (χ1) is 14.1. The van der Waals surface area contributed by atoms with E-state index in [2.05, 4.69) is 0 Å². The SMILES string of the molecule is O=C1C=C2CC[C@@H]3[C@H](CC[C@]4(COC(=O)CCC5CCCC5)CCC[C@@H]34)[C@H]2CC1. The number of esters is 1. The normalized spacial score (nSPS) is 39.4. The lowest BCUT2D eigenvalue weighted by molar-refractivity contribution is -0.152. The Hall–Kier alpha value is -1.12. The fourth-order valence-corrected chi connectivity index (χ4v) is 8.14. The van der Waals surface area contributed by atoms with E-state index >= 15 is 0 Å². The van der Waals surface area contributed by atoms with Gasteiger partial charge in [0.1, 0.15) is 0 Å². The van der Waals surface area contributed by atoms with E-state index in [9.17, 15) is 9.59 Å². The van der Waals surface area contributed by atoms with E-state index in [1.807, 2.05) is 6.08 Å². The number of ether oxygens (including phenoxy) is 1. The molecule has 0 aromatic carbocycles. The van der Waals surface area contributed by atoms with Gasteiger partial charge in [-0.1, -0.05) is 37.7 Å². The molecule has 5 rings (SSSR count). The molecule has 3 heteroatoms. The van der Waals surface area contributed by atoms with Crippen LogP contribution in [0.25, 0.3) is 0 Å². The molecule has 0 heterocycles. The molecule has 0 N–H and O–H groups in total. The summed E-state index contributed by atoms with van der Waals surface area (Å²) in [7, 11) is 0. The minimum absolute atomic E-state index is 0.0544. The Morgan fingerprint density at radius 3 is 2.69 bits per heavy atom. The number of hydrogen-bond acceptors (Lipinski definition) is 3. The first-order valence-electron chi connectivity index (χ1n) is 12.5. The summed E-state index contributed by atoms with van der Waals surface area (Å²) in [5.41, 5.74) is 1.72. The number of allylic oxidation sites excluding steroid dienone is 1. The third-order valence-corrected chi connectivity index (χ3v) is 9.58. The van der Waals surface area contributed by atoms with Gasteiger partial charge in [0.25, 0.3) is 0 Å². The lowest BCUT2D eigenvalue weighted by Crippen LogP contribution is -2.47. The third kappa shape index (κ3) is 3.83. The fraction of sp³-hybridized carbons (Fsp3) is 0.846. The minimum Gasteiger partial charge on any atom is -0.465 e. The van der Waals surface area contributed by atoms with Gasteiger partial charge in [-0.3, -0.25) is 9.59 Å². The highest BCUT2D eigenvalue weighted by Gasteiger charge is 2.55. The Morgan fingerprint density at radius 2 is 1.83 bits per heavy atom. The van der Waals surface area contributed by atoms with E-state index in [-0.39, 0.29) is 11.4 Å². The monoisotopic (exact) mass is 398 g/mol. The van der Waals surface area contributed by atoms with Gasteiger partial charge in [0.05, 0.1) is 6.61 Å². The topological polar surface area (TPSA) is 43.4 Å². The van der Waals surface area contributed by atoms with Gasteiger partial charge >= 0.3 is 5.97 Å². The maximum absolute atomic E-state index is 12.5. The van der Waals surface area contributed by atoms with E-state index in [0.29, 0.717) is 24.7 Å². The summed E-state index contributed by atoms with van der Waals surface area (Å²) in [4.78, 5) is 24.3. The number of hydrogen-bond donors (Lipinski definition) is 0. The van der Waals surface area contributed by atoms with Gasteiger partial charge in [-0.2, -0.15) is 0 Å². The molecule has 0 saturated heterocycles. The van der Waals surface area contributed by atoms with Crippen molar-refractivity contribution in [1.82, 2.24) is 0 Å². The highest BCUT2D eigenvalue weighted by Crippen LogP contribution is 2.62. The minimum atomic E-state index is 0.0544. The molecule has 29 heavy (non-hydrogen) atoms. The Balaban J connectivity index is 1.21. The van der Waals surface area contributed by atoms with Crippen LogP contribution in [0.4, 0.5) is 0 Å². The van der Waals surface area contributed by atoms with Crippen molar-refractivity contribution in [3.8, 4) is 0 Å². The summed E-state index contributed by atoms with van der Waals surface area (Å²) in [6.45, 7) is 0.677. The zero-order valence-corrected chi connectivity index (χ0v) is 18.0. The molecule has 0 spiro atoms. The molecule has 4 saturated carbocycles. The molecule has 4 fully saturated rings. The van der Waals surface area contributed by atoms with Crippen molar-refractivity contribution in [2.24, 2.45) is 35.0 Å². The first-order valence-corrected chi connectivity index (χ1v) is 12.5. The zero-order chi connectivity index (χ0) is 19.8. The van der Waals surface area contributed by atoms with Crippen molar-refractivity contribution < 1.29 is 14.3 Å². The molecule has 0 unspecified atom stereocenters. The van der Waals surface area contributed by atoms with Gasteiger partial charge in [-0.25, -0.2) is 0 Å². The van der Waals surface area contributed by atoms with Gasteiger partial charge < -0.3 is 4.74 Å². The molecule has 5 aliphatic carbocycles. The number of carbonyl (C=O) groups is 2. The van der Waals surface area contributed by atoms with Gasteiger partial charge in [0, 0.05) is 18.3 Å². The molecule has 0 aromatic rings. The average molecular weight is 399 g/mol. The van der Waals surface area contributed by atoms with Crippen LogP contribution in [0, 0.1) is 35.0 Å². The Bertz CT molecular complexity index is 673. The molecule has 5 aliphatic rings. The summed E-state index contributed by atoms with van der Waals surface area (Å²) in [6, 6.07) is 0. The first kappa shape index (κ1) is 19.8. The highest BCUT2D eigenvalue weighted by molar-refractivity contribution is 5.91. The van der Waals surface area contributed by atoms with E-state index in [1.54, 1.807) is 0 Å². The summed E-state index contributed by atoms with van der Waals surface area (Å²) in [6.07, 6.45) is 19.6. The van der Waals surface area contributed by atoms with E-state index in [4.69, 9.17) is 4.74 Å². The summed E-state index contributed by atoms with van der Waals surface area (Å²) >= 11 is 0. The molecular weight excluding hydrogens is 360 g/mol. The van der Waals surface area contributed by atoms with Crippen LogP contribution in [0.1, 0.15) is 96.3 Å². The lowest BCUT2D eigenvalue weighted by atomic mass is 9.52. The maximum atomic E-state index is 12.5. The zero-order valence-electron chi connectivity index (χ0n) is 18.0. The Morgan fingerprint density at radius 1 is 0.966 bits per heavy atom. The molecule has 3 nitrogen and oxygen atoms in total. The van der Waals surface area contributed by atoms with E-state index in [1.165, 1.54) is 69.8 Å². The third-order valence-electron chi connectivity index (χ3n) is 9.58. The molecule has 160 valence electrons. The van der Waals surface area contributed by atoms with Crippen LogP contribution in [-0.2, 0) is 14.3 Å². The van der Waals surface area contributed by atoms with E-state index < -0.39 is 0 Å². The quantitative estimate of drug-likeness (QED) is 0.533. The molecule has 0 bridgehead atoms. The van der Waals surface area contributed by atoms with Gasteiger partial charge in [-0.15, -0.1) is 0 Å². The van der Waals surface area contributed by atoms with Crippen molar-refractivity contribution in [1.29, 1.82) is 0 Å². The number of carbonyl (C=O) groups excluding carboxylic acids is 2. The fourth-order valence-electron chi connectivity index (χ4n) is 8.14.